The summed E-state index contributed by atoms with van der Waals surface area (Å²) in [6, 6.07) is 1.64. The van der Waals surface area contributed by atoms with Gasteiger partial charge in [-0.25, -0.2) is 4.79 Å². The Balaban J connectivity index is 1.34. The van der Waals surface area contributed by atoms with Gasteiger partial charge in [0.2, 0.25) is 0 Å². The number of fused-ring (bicyclic) bond motifs is 2. The van der Waals surface area contributed by atoms with E-state index in [4.69, 9.17) is 4.74 Å². The van der Waals surface area contributed by atoms with Crippen molar-refractivity contribution in [2.24, 2.45) is 11.8 Å². The lowest BCUT2D eigenvalue weighted by atomic mass is 9.84. The Labute approximate surface area is 122 Å². The lowest BCUT2D eigenvalue weighted by Gasteiger charge is -2.39. The Hall–Kier alpha value is -0.770. The van der Waals surface area contributed by atoms with Crippen LogP contribution in [-0.4, -0.2) is 29.8 Å². The molecular weight excluding hydrogens is 252 g/mol. The van der Waals surface area contributed by atoms with Crippen LogP contribution in [0.4, 0.5) is 4.79 Å². The van der Waals surface area contributed by atoms with Crippen molar-refractivity contribution in [2.45, 2.75) is 83.0 Å². The van der Waals surface area contributed by atoms with Gasteiger partial charge in [-0.3, -0.25) is 0 Å². The molecule has 0 aromatic heterocycles. The molecule has 0 saturated heterocycles. The molecule has 3 aliphatic carbocycles. The molecule has 4 heteroatoms. The van der Waals surface area contributed by atoms with Crippen LogP contribution in [0, 0.1) is 11.8 Å². The second kappa shape index (κ2) is 5.21. The number of hydrogen-bond acceptors (Lipinski definition) is 3. The van der Waals surface area contributed by atoms with Crippen LogP contribution in [0.25, 0.3) is 0 Å². The van der Waals surface area contributed by atoms with Gasteiger partial charge in [0.1, 0.15) is 5.60 Å². The molecule has 3 aliphatic rings. The summed E-state index contributed by atoms with van der Waals surface area (Å²) < 4.78 is 5.28. The van der Waals surface area contributed by atoms with E-state index in [0.717, 1.165) is 30.7 Å². The molecule has 3 atom stereocenters. The van der Waals surface area contributed by atoms with Gasteiger partial charge in [-0.05, 0) is 64.7 Å². The first-order valence-electron chi connectivity index (χ1n) is 8.14. The van der Waals surface area contributed by atoms with Crippen molar-refractivity contribution >= 4 is 6.09 Å². The monoisotopic (exact) mass is 280 g/mol. The minimum atomic E-state index is -0.408. The maximum absolute atomic E-state index is 11.7. The number of ether oxygens (including phenoxy) is 1. The minimum Gasteiger partial charge on any atom is -0.444 e. The molecule has 3 unspecified atom stereocenters. The minimum absolute atomic E-state index is 0.277. The number of hydrogen-bond donors (Lipinski definition) is 2. The van der Waals surface area contributed by atoms with Crippen LogP contribution in [0.5, 0.6) is 0 Å². The van der Waals surface area contributed by atoms with Crippen LogP contribution in [0.15, 0.2) is 0 Å². The summed E-state index contributed by atoms with van der Waals surface area (Å²) in [5.41, 5.74) is -0.408. The Morgan fingerprint density at radius 1 is 1.05 bits per heavy atom. The zero-order valence-electron chi connectivity index (χ0n) is 12.9. The molecule has 0 aromatic carbocycles. The van der Waals surface area contributed by atoms with E-state index in [1.165, 1.54) is 25.7 Å². The maximum Gasteiger partial charge on any atom is 0.407 e. The lowest BCUT2D eigenvalue weighted by molar-refractivity contribution is 0.0460. The molecule has 0 aromatic rings. The zero-order valence-corrected chi connectivity index (χ0v) is 12.9. The van der Waals surface area contributed by atoms with Crippen molar-refractivity contribution < 1.29 is 9.53 Å². The average Bonchev–Trinajstić information content (AvgIpc) is 2.85. The van der Waals surface area contributed by atoms with Gasteiger partial charge in [-0.1, -0.05) is 6.42 Å². The summed E-state index contributed by atoms with van der Waals surface area (Å²) in [5.74, 6) is 1.92. The third-order valence-corrected chi connectivity index (χ3v) is 5.05. The molecule has 4 nitrogen and oxygen atoms in total. The topological polar surface area (TPSA) is 50.4 Å². The molecule has 0 aliphatic heterocycles. The first-order valence-corrected chi connectivity index (χ1v) is 8.14. The largest absolute Gasteiger partial charge is 0.444 e. The molecule has 1 amide bonds. The van der Waals surface area contributed by atoms with E-state index < -0.39 is 5.60 Å². The van der Waals surface area contributed by atoms with E-state index in [-0.39, 0.29) is 6.09 Å². The molecule has 0 spiro atoms. The first kappa shape index (κ1) is 14.2. The Morgan fingerprint density at radius 3 is 2.35 bits per heavy atom. The van der Waals surface area contributed by atoms with Gasteiger partial charge in [0, 0.05) is 18.1 Å². The van der Waals surface area contributed by atoms with E-state index in [2.05, 4.69) is 10.6 Å². The number of amides is 1. The standard InChI is InChI=1S/C16H28N2O2/c1-16(2,3)20-15(19)18-13-8-12(9-13)17-14-7-10-4-5-11(14)6-10/h10-14,17H,4-9H2,1-3H3,(H,18,19). The van der Waals surface area contributed by atoms with Crippen LogP contribution < -0.4 is 10.6 Å². The number of carbonyl (C=O) groups excluding carboxylic acids is 1. The predicted octanol–water partition coefficient (Wildman–Crippen LogP) is 2.82. The Kier molecular flexibility index (Phi) is 3.69. The molecular formula is C16H28N2O2. The van der Waals surface area contributed by atoms with Gasteiger partial charge in [-0.15, -0.1) is 0 Å². The number of rotatable bonds is 3. The van der Waals surface area contributed by atoms with E-state index in [9.17, 15) is 4.79 Å². The third kappa shape index (κ3) is 3.27. The van der Waals surface area contributed by atoms with Gasteiger partial charge in [-0.2, -0.15) is 0 Å². The van der Waals surface area contributed by atoms with Gasteiger partial charge in [0.25, 0.3) is 0 Å². The highest BCUT2D eigenvalue weighted by Gasteiger charge is 2.42. The van der Waals surface area contributed by atoms with Gasteiger partial charge < -0.3 is 15.4 Å². The van der Waals surface area contributed by atoms with Crippen molar-refractivity contribution in [1.82, 2.24) is 10.6 Å². The summed E-state index contributed by atoms with van der Waals surface area (Å²) in [5, 5.41) is 6.77. The second-order valence-electron chi connectivity index (χ2n) is 7.96. The van der Waals surface area contributed by atoms with Gasteiger partial charge >= 0.3 is 6.09 Å². The van der Waals surface area contributed by atoms with Crippen molar-refractivity contribution in [3.05, 3.63) is 0 Å². The quantitative estimate of drug-likeness (QED) is 0.836. The fourth-order valence-corrected chi connectivity index (χ4v) is 4.10. The summed E-state index contributed by atoms with van der Waals surface area (Å²) in [4.78, 5) is 11.7. The number of nitrogens with one attached hydrogen (secondary N) is 2. The van der Waals surface area contributed by atoms with Crippen LogP contribution in [0.3, 0.4) is 0 Å². The SMILES string of the molecule is CC(C)(C)OC(=O)NC1CC(NC2CC3CCC2C3)C1. The molecule has 3 saturated carbocycles. The highest BCUT2D eigenvalue weighted by atomic mass is 16.6. The van der Waals surface area contributed by atoms with Crippen molar-refractivity contribution in [2.75, 3.05) is 0 Å². The normalized spacial score (nSPS) is 39.5. The third-order valence-electron chi connectivity index (χ3n) is 5.05. The molecule has 20 heavy (non-hydrogen) atoms. The second-order valence-corrected chi connectivity index (χ2v) is 7.96. The number of alkyl carbamates (subject to hydrolysis) is 1. The molecule has 2 N–H and O–H groups in total. The van der Waals surface area contributed by atoms with Crippen LogP contribution in [-0.2, 0) is 4.74 Å². The van der Waals surface area contributed by atoms with E-state index in [1.54, 1.807) is 0 Å². The average molecular weight is 280 g/mol. The summed E-state index contributed by atoms with van der Waals surface area (Å²) in [6.07, 6.45) is 7.53. The molecule has 0 heterocycles. The van der Waals surface area contributed by atoms with E-state index in [1.807, 2.05) is 20.8 Å². The molecule has 2 bridgehead atoms. The smallest absolute Gasteiger partial charge is 0.407 e. The van der Waals surface area contributed by atoms with Gasteiger partial charge in [0.15, 0.2) is 0 Å². The van der Waals surface area contributed by atoms with E-state index >= 15 is 0 Å². The van der Waals surface area contributed by atoms with Crippen LogP contribution in [0.2, 0.25) is 0 Å². The number of carbonyl (C=O) groups is 1. The lowest BCUT2D eigenvalue weighted by Crippen LogP contribution is -2.55. The van der Waals surface area contributed by atoms with Crippen LogP contribution >= 0.6 is 0 Å². The van der Waals surface area contributed by atoms with Crippen molar-refractivity contribution in [1.29, 1.82) is 0 Å². The summed E-state index contributed by atoms with van der Waals surface area (Å²) in [7, 11) is 0. The Bertz CT molecular complexity index is 371. The fourth-order valence-electron chi connectivity index (χ4n) is 4.10. The molecule has 0 radical (unpaired) electrons. The van der Waals surface area contributed by atoms with Crippen LogP contribution in [0.1, 0.15) is 59.3 Å². The predicted molar refractivity (Wildman–Crippen MR) is 78.6 cm³/mol. The summed E-state index contributed by atoms with van der Waals surface area (Å²) >= 11 is 0. The molecule has 114 valence electrons. The highest BCUT2D eigenvalue weighted by Crippen LogP contribution is 2.45. The van der Waals surface area contributed by atoms with Gasteiger partial charge in [0.05, 0.1) is 0 Å². The maximum atomic E-state index is 11.7. The Morgan fingerprint density at radius 2 is 1.80 bits per heavy atom. The summed E-state index contributed by atoms with van der Waals surface area (Å²) in [6.45, 7) is 5.69. The fraction of sp³-hybridized carbons (Fsp3) is 0.938. The molecule has 3 rings (SSSR count). The van der Waals surface area contributed by atoms with Crippen molar-refractivity contribution in [3.63, 3.8) is 0 Å². The zero-order chi connectivity index (χ0) is 14.3. The van der Waals surface area contributed by atoms with E-state index in [0.29, 0.717) is 12.1 Å². The van der Waals surface area contributed by atoms with Crippen molar-refractivity contribution in [3.8, 4) is 0 Å². The highest BCUT2D eigenvalue weighted by molar-refractivity contribution is 5.68. The molecule has 3 fully saturated rings. The first-order chi connectivity index (χ1) is 9.39.